The maximum Gasteiger partial charge on any atom is 0.410 e. The van der Waals surface area contributed by atoms with Crippen LogP contribution in [-0.2, 0) is 20.8 Å². The Bertz CT molecular complexity index is 817. The predicted molar refractivity (Wildman–Crippen MR) is 122 cm³/mol. The van der Waals surface area contributed by atoms with Gasteiger partial charge in [-0.1, -0.05) is 0 Å². The van der Waals surface area contributed by atoms with Crippen molar-refractivity contribution >= 4 is 18.0 Å². The average molecular weight is 464 g/mol. The van der Waals surface area contributed by atoms with E-state index in [4.69, 9.17) is 9.47 Å². The number of ether oxygens (including phenoxy) is 2. The molecule has 0 unspecified atom stereocenters. The Hall–Kier alpha value is -2.62. The van der Waals surface area contributed by atoms with Gasteiger partial charge in [-0.2, -0.15) is 0 Å². The summed E-state index contributed by atoms with van der Waals surface area (Å²) in [5.41, 5.74) is -0.0163. The number of imidazole rings is 1. The lowest BCUT2D eigenvalue weighted by Gasteiger charge is -2.33. The number of carbonyl (C=O) groups is 3. The normalized spacial score (nSPS) is 18.3. The number of nitrogens with zero attached hydrogens (tertiary/aromatic N) is 5. The number of methoxy groups -OCH3 is 1. The summed E-state index contributed by atoms with van der Waals surface area (Å²) in [6, 6.07) is 0. The predicted octanol–water partition coefficient (Wildman–Crippen LogP) is 1.85. The maximum absolute atomic E-state index is 12.8. The van der Waals surface area contributed by atoms with E-state index in [0.29, 0.717) is 37.8 Å². The summed E-state index contributed by atoms with van der Waals surface area (Å²) >= 11 is 0. The number of esters is 1. The Morgan fingerprint density at radius 1 is 1.03 bits per heavy atom. The van der Waals surface area contributed by atoms with E-state index < -0.39 is 5.60 Å². The van der Waals surface area contributed by atoms with Gasteiger partial charge < -0.3 is 23.8 Å². The average Bonchev–Trinajstić information content (AvgIpc) is 3.26. The minimum absolute atomic E-state index is 0.0721. The van der Waals surface area contributed by atoms with Crippen molar-refractivity contribution in [3.05, 3.63) is 18.2 Å². The minimum Gasteiger partial charge on any atom is -0.468 e. The first-order valence-corrected chi connectivity index (χ1v) is 11.7. The van der Waals surface area contributed by atoms with Crippen molar-refractivity contribution in [3.8, 4) is 0 Å². The summed E-state index contributed by atoms with van der Waals surface area (Å²) in [6.45, 7) is 10.6. The lowest BCUT2D eigenvalue weighted by molar-refractivity contribution is -0.142. The summed E-state index contributed by atoms with van der Waals surface area (Å²) in [5, 5.41) is 0. The molecule has 0 atom stereocenters. The van der Waals surface area contributed by atoms with Gasteiger partial charge >= 0.3 is 12.1 Å². The Morgan fingerprint density at radius 2 is 1.70 bits per heavy atom. The van der Waals surface area contributed by atoms with Gasteiger partial charge in [0, 0.05) is 52.0 Å². The van der Waals surface area contributed by atoms with E-state index >= 15 is 0 Å². The molecule has 0 N–H and O–H groups in total. The van der Waals surface area contributed by atoms with Crippen LogP contribution in [0.1, 0.15) is 50.5 Å². The van der Waals surface area contributed by atoms with Crippen molar-refractivity contribution in [1.29, 1.82) is 0 Å². The first-order valence-electron chi connectivity index (χ1n) is 11.7. The number of aryl methyl sites for hydroxylation is 1. The molecule has 1 aromatic heterocycles. The molecule has 0 radical (unpaired) electrons. The zero-order valence-corrected chi connectivity index (χ0v) is 20.3. The molecule has 33 heavy (non-hydrogen) atoms. The molecule has 2 amide bonds. The van der Waals surface area contributed by atoms with Crippen LogP contribution in [0.5, 0.6) is 0 Å². The molecule has 10 nitrogen and oxygen atoms in total. The van der Waals surface area contributed by atoms with Crippen LogP contribution in [0, 0.1) is 5.92 Å². The summed E-state index contributed by atoms with van der Waals surface area (Å²) in [5.74, 6) is 0.203. The number of piperazine rings is 1. The number of piperidine rings is 1. The Morgan fingerprint density at radius 3 is 2.30 bits per heavy atom. The van der Waals surface area contributed by atoms with Gasteiger partial charge in [0.1, 0.15) is 11.3 Å². The molecule has 0 bridgehead atoms. The second-order valence-electron chi connectivity index (χ2n) is 9.84. The molecule has 2 saturated heterocycles. The van der Waals surface area contributed by atoms with E-state index in [1.54, 1.807) is 16.1 Å². The van der Waals surface area contributed by atoms with E-state index in [0.717, 1.165) is 38.9 Å². The van der Waals surface area contributed by atoms with Gasteiger partial charge in [-0.25, -0.2) is 9.78 Å². The number of rotatable bonds is 6. The Kier molecular flexibility index (Phi) is 8.34. The molecule has 2 aliphatic rings. The Labute approximate surface area is 195 Å². The third kappa shape index (κ3) is 7.45. The lowest BCUT2D eigenvalue weighted by atomic mass is 9.94. The van der Waals surface area contributed by atoms with Crippen molar-refractivity contribution in [2.45, 2.75) is 52.2 Å². The molecule has 0 aromatic carbocycles. The zero-order chi connectivity index (χ0) is 24.0. The summed E-state index contributed by atoms with van der Waals surface area (Å²) < 4.78 is 12.1. The molecule has 2 aliphatic heterocycles. The van der Waals surface area contributed by atoms with Crippen LogP contribution in [0.15, 0.2) is 12.5 Å². The second-order valence-corrected chi connectivity index (χ2v) is 9.84. The van der Waals surface area contributed by atoms with Crippen LogP contribution < -0.4 is 0 Å². The molecular formula is C23H37N5O5. The van der Waals surface area contributed by atoms with Crippen LogP contribution in [0.2, 0.25) is 0 Å². The zero-order valence-electron chi connectivity index (χ0n) is 20.3. The highest BCUT2D eigenvalue weighted by molar-refractivity contribution is 5.92. The standard InChI is InChI=1S/C23H37N5O5/c1-23(2,3)33-22(31)28-9-6-18(7-10-28)5-8-26-15-19(24-17-26)21(30)27-13-11-25(12-14-27)16-20(29)32-4/h15,17-18H,5-14,16H2,1-4H3. The summed E-state index contributed by atoms with van der Waals surface area (Å²) in [4.78, 5) is 46.3. The van der Waals surface area contributed by atoms with Gasteiger partial charge in [0.15, 0.2) is 0 Å². The monoisotopic (exact) mass is 463 g/mol. The van der Waals surface area contributed by atoms with Crippen LogP contribution in [0.3, 0.4) is 0 Å². The number of hydrogen-bond acceptors (Lipinski definition) is 7. The van der Waals surface area contributed by atoms with Crippen LogP contribution in [-0.4, -0.2) is 101 Å². The molecule has 3 rings (SSSR count). The van der Waals surface area contributed by atoms with E-state index in [1.165, 1.54) is 7.11 Å². The van der Waals surface area contributed by atoms with Crippen molar-refractivity contribution in [2.24, 2.45) is 5.92 Å². The fraction of sp³-hybridized carbons (Fsp3) is 0.739. The molecule has 2 fully saturated rings. The third-order valence-corrected chi connectivity index (χ3v) is 6.15. The van der Waals surface area contributed by atoms with Gasteiger partial charge in [0.2, 0.25) is 0 Å². The van der Waals surface area contributed by atoms with Crippen molar-refractivity contribution in [3.63, 3.8) is 0 Å². The summed E-state index contributed by atoms with van der Waals surface area (Å²) in [6.07, 6.45) is 6.20. The second kappa shape index (κ2) is 11.0. The summed E-state index contributed by atoms with van der Waals surface area (Å²) in [7, 11) is 1.38. The van der Waals surface area contributed by atoms with E-state index in [-0.39, 0.29) is 24.5 Å². The number of hydrogen-bond donors (Lipinski definition) is 0. The smallest absolute Gasteiger partial charge is 0.410 e. The largest absolute Gasteiger partial charge is 0.468 e. The number of likely N-dealkylation sites (tertiary alicyclic amines) is 1. The maximum atomic E-state index is 12.8. The van der Waals surface area contributed by atoms with E-state index in [9.17, 15) is 14.4 Å². The molecular weight excluding hydrogens is 426 g/mol. The Balaban J connectivity index is 1.39. The van der Waals surface area contributed by atoms with E-state index in [2.05, 4.69) is 4.98 Å². The number of amides is 2. The molecule has 0 spiro atoms. The van der Waals surface area contributed by atoms with Crippen molar-refractivity contribution in [2.75, 3.05) is 52.9 Å². The molecule has 3 heterocycles. The molecule has 184 valence electrons. The molecule has 1 aromatic rings. The number of aromatic nitrogens is 2. The van der Waals surface area contributed by atoms with Gasteiger partial charge in [-0.3, -0.25) is 14.5 Å². The van der Waals surface area contributed by atoms with Crippen LogP contribution in [0.4, 0.5) is 4.79 Å². The first-order chi connectivity index (χ1) is 15.6. The van der Waals surface area contributed by atoms with Crippen molar-refractivity contribution in [1.82, 2.24) is 24.3 Å². The molecule has 0 aliphatic carbocycles. The number of carbonyl (C=O) groups excluding carboxylic acids is 3. The van der Waals surface area contributed by atoms with E-state index in [1.807, 2.05) is 36.4 Å². The minimum atomic E-state index is -0.471. The SMILES string of the molecule is COC(=O)CN1CCN(C(=O)c2cn(CCC3CCN(C(=O)OC(C)(C)C)CC3)cn2)CC1. The fourth-order valence-electron chi connectivity index (χ4n) is 4.17. The van der Waals surface area contributed by atoms with Gasteiger partial charge in [-0.15, -0.1) is 0 Å². The van der Waals surface area contributed by atoms with Gasteiger partial charge in [0.05, 0.1) is 20.0 Å². The first kappa shape index (κ1) is 25.0. The molecule has 10 heteroatoms. The third-order valence-electron chi connectivity index (χ3n) is 6.15. The lowest BCUT2D eigenvalue weighted by Crippen LogP contribution is -2.50. The van der Waals surface area contributed by atoms with Gasteiger partial charge in [-0.05, 0) is 46.0 Å². The molecule has 0 saturated carbocycles. The van der Waals surface area contributed by atoms with Crippen LogP contribution in [0.25, 0.3) is 0 Å². The van der Waals surface area contributed by atoms with Crippen LogP contribution >= 0.6 is 0 Å². The fourth-order valence-corrected chi connectivity index (χ4v) is 4.17. The topological polar surface area (TPSA) is 97.2 Å². The quantitative estimate of drug-likeness (QED) is 0.594. The highest BCUT2D eigenvalue weighted by atomic mass is 16.6. The van der Waals surface area contributed by atoms with Crippen molar-refractivity contribution < 1.29 is 23.9 Å². The van der Waals surface area contributed by atoms with Gasteiger partial charge in [0.25, 0.3) is 5.91 Å². The highest BCUT2D eigenvalue weighted by Crippen LogP contribution is 2.23. The highest BCUT2D eigenvalue weighted by Gasteiger charge is 2.27.